The van der Waals surface area contributed by atoms with E-state index in [4.69, 9.17) is 14.2 Å². The molecule has 5 unspecified atom stereocenters. The van der Waals surface area contributed by atoms with Gasteiger partial charge < -0.3 is 19.1 Å². The molecule has 4 aliphatic rings. The molecule has 0 N–H and O–H groups in total. The lowest BCUT2D eigenvalue weighted by Crippen LogP contribution is -2.42. The normalized spacial score (nSPS) is 33.4. The predicted octanol–water partition coefficient (Wildman–Crippen LogP) is 3.12. The van der Waals surface area contributed by atoms with Crippen molar-refractivity contribution in [3.63, 3.8) is 0 Å². The minimum atomic E-state index is -1.000. The Morgan fingerprint density at radius 3 is 2.67 bits per heavy atom. The van der Waals surface area contributed by atoms with Crippen LogP contribution in [0.15, 0.2) is 35.6 Å². The highest BCUT2D eigenvalue weighted by Crippen LogP contribution is 2.47. The van der Waals surface area contributed by atoms with Crippen molar-refractivity contribution in [3.8, 4) is 5.75 Å². The van der Waals surface area contributed by atoms with Crippen LogP contribution in [0.3, 0.4) is 0 Å². The zero-order valence-electron chi connectivity index (χ0n) is 17.0. The molecule has 1 saturated heterocycles. The van der Waals surface area contributed by atoms with Crippen LogP contribution in [0.5, 0.6) is 5.75 Å². The second-order valence-electron chi connectivity index (χ2n) is 8.55. The molecule has 0 aromatic heterocycles. The van der Waals surface area contributed by atoms with E-state index < -0.39 is 24.2 Å². The second-order valence-corrected chi connectivity index (χ2v) is 8.55. The number of hydrogen-bond acceptors (Lipinski definition) is 5. The Kier molecular flexibility index (Phi) is 5.01. The lowest BCUT2D eigenvalue weighted by Gasteiger charge is -2.36. The maximum absolute atomic E-state index is 14.1. The van der Waals surface area contributed by atoms with Gasteiger partial charge in [0.1, 0.15) is 18.0 Å². The third-order valence-corrected chi connectivity index (χ3v) is 6.74. The molecule has 1 aromatic carbocycles. The number of halogens is 1. The first-order valence-corrected chi connectivity index (χ1v) is 10.7. The Morgan fingerprint density at radius 1 is 1.17 bits per heavy atom. The van der Waals surface area contributed by atoms with Gasteiger partial charge in [0, 0.05) is 13.2 Å². The largest absolute Gasteiger partial charge is 0.497 e. The molecule has 1 aromatic rings. The van der Waals surface area contributed by atoms with Crippen LogP contribution in [0.4, 0.5) is 4.39 Å². The van der Waals surface area contributed by atoms with E-state index in [9.17, 15) is 14.0 Å². The number of nitrogens with zero attached hydrogens (tertiary/aromatic N) is 1. The summed E-state index contributed by atoms with van der Waals surface area (Å²) in [5.41, 5.74) is 1.19. The van der Waals surface area contributed by atoms with Gasteiger partial charge in [-0.05, 0) is 49.8 Å². The first-order chi connectivity index (χ1) is 14.6. The second kappa shape index (κ2) is 7.69. The minimum absolute atomic E-state index is 0.0522. The predicted molar refractivity (Wildman–Crippen MR) is 106 cm³/mol. The van der Waals surface area contributed by atoms with Crippen molar-refractivity contribution < 1.29 is 28.2 Å². The van der Waals surface area contributed by atoms with Crippen molar-refractivity contribution in [3.05, 3.63) is 41.2 Å². The third-order valence-electron chi connectivity index (χ3n) is 6.74. The van der Waals surface area contributed by atoms with E-state index in [0.717, 1.165) is 18.4 Å². The molecular weight excluding hydrogens is 389 g/mol. The number of carbonyl (C=O) groups is 2. The number of fused-ring (bicyclic) bond motifs is 1. The van der Waals surface area contributed by atoms with Crippen LogP contribution >= 0.6 is 0 Å². The van der Waals surface area contributed by atoms with Gasteiger partial charge in [-0.2, -0.15) is 0 Å². The lowest BCUT2D eigenvalue weighted by atomic mass is 9.77. The number of Topliss-reactive ketones (excluding diaryl/α,β-unsaturated/α-hetero) is 1. The number of rotatable bonds is 4. The fraction of sp³-hybridized carbons (Fsp3) is 0.565. The van der Waals surface area contributed by atoms with E-state index in [0.29, 0.717) is 37.3 Å². The van der Waals surface area contributed by atoms with E-state index >= 15 is 0 Å². The quantitative estimate of drug-likeness (QED) is 0.756. The Hall–Kier alpha value is -2.41. The topological polar surface area (TPSA) is 65.1 Å². The van der Waals surface area contributed by atoms with Crippen molar-refractivity contribution in [2.75, 3.05) is 20.3 Å². The summed E-state index contributed by atoms with van der Waals surface area (Å²) >= 11 is 0. The van der Waals surface area contributed by atoms with Crippen molar-refractivity contribution in [2.45, 2.75) is 56.5 Å². The molecule has 5 rings (SSSR count). The number of ketones is 1. The van der Waals surface area contributed by atoms with Gasteiger partial charge in [0.05, 0.1) is 30.7 Å². The summed E-state index contributed by atoms with van der Waals surface area (Å²) in [6, 6.07) is 6.83. The van der Waals surface area contributed by atoms with Gasteiger partial charge in [-0.15, -0.1) is 0 Å². The molecule has 160 valence electrons. The number of amides is 1. The zero-order chi connectivity index (χ0) is 20.8. The summed E-state index contributed by atoms with van der Waals surface area (Å²) in [7, 11) is 1.59. The molecule has 0 radical (unpaired) electrons. The van der Waals surface area contributed by atoms with Crippen LogP contribution in [0.2, 0.25) is 0 Å². The maximum Gasteiger partial charge on any atom is 0.290 e. The molecular formula is C23H26FNO5. The van der Waals surface area contributed by atoms with Crippen LogP contribution in [0, 0.1) is 5.92 Å². The highest BCUT2D eigenvalue weighted by Gasteiger charge is 2.53. The summed E-state index contributed by atoms with van der Waals surface area (Å²) in [4.78, 5) is 28.5. The average Bonchev–Trinajstić information content (AvgIpc) is 3.37. The van der Waals surface area contributed by atoms with E-state index in [-0.39, 0.29) is 30.0 Å². The van der Waals surface area contributed by atoms with E-state index in [1.54, 1.807) is 12.0 Å². The van der Waals surface area contributed by atoms with Gasteiger partial charge in [0.25, 0.3) is 5.91 Å². The van der Waals surface area contributed by atoms with Gasteiger partial charge in [-0.3, -0.25) is 9.59 Å². The van der Waals surface area contributed by atoms with Crippen LogP contribution in [-0.2, 0) is 19.1 Å². The molecule has 7 heteroatoms. The van der Waals surface area contributed by atoms with Crippen LogP contribution in [0.25, 0.3) is 0 Å². The molecule has 0 bridgehead atoms. The van der Waals surface area contributed by atoms with Crippen molar-refractivity contribution >= 4 is 11.7 Å². The van der Waals surface area contributed by atoms with Gasteiger partial charge in [0.15, 0.2) is 11.5 Å². The molecule has 1 aliphatic carbocycles. The summed E-state index contributed by atoms with van der Waals surface area (Å²) < 4.78 is 31.2. The number of methoxy groups -OCH3 is 1. The highest BCUT2D eigenvalue weighted by atomic mass is 19.1. The number of ether oxygens (including phenoxy) is 3. The Bertz CT molecular complexity index is 876. The first-order valence-electron chi connectivity index (χ1n) is 10.7. The van der Waals surface area contributed by atoms with Crippen LogP contribution < -0.4 is 4.74 Å². The molecule has 3 heterocycles. The fourth-order valence-corrected chi connectivity index (χ4v) is 5.19. The molecule has 0 spiro atoms. The minimum Gasteiger partial charge on any atom is -0.497 e. The summed E-state index contributed by atoms with van der Waals surface area (Å²) in [5, 5.41) is 0. The van der Waals surface area contributed by atoms with Crippen molar-refractivity contribution in [2.24, 2.45) is 5.92 Å². The standard InChI is InChI=1S/C23H26FNO5/c1-28-15-7-4-13(5-8-15)20-19-21(26)17-11-14(24)6-9-18(17)30-22(19)23(27)25(20)12-16-3-2-10-29-16/h4-5,7-8,14,16-18,20H,2-3,6,9-12H2,1H3. The molecule has 1 saturated carbocycles. The molecule has 5 atom stereocenters. The Labute approximate surface area is 175 Å². The van der Waals surface area contributed by atoms with Crippen molar-refractivity contribution in [1.29, 1.82) is 0 Å². The molecule has 3 aliphatic heterocycles. The Balaban J connectivity index is 1.53. The molecule has 6 nitrogen and oxygen atoms in total. The molecule has 30 heavy (non-hydrogen) atoms. The van der Waals surface area contributed by atoms with E-state index in [1.807, 2.05) is 24.3 Å². The third kappa shape index (κ3) is 3.20. The number of hydrogen-bond donors (Lipinski definition) is 0. The summed E-state index contributed by atoms with van der Waals surface area (Å²) in [5.74, 6) is -0.0917. The number of alkyl halides is 1. The van der Waals surface area contributed by atoms with Gasteiger partial charge in [-0.1, -0.05) is 12.1 Å². The van der Waals surface area contributed by atoms with Crippen molar-refractivity contribution in [1.82, 2.24) is 4.90 Å². The van der Waals surface area contributed by atoms with Gasteiger partial charge in [-0.25, -0.2) is 4.39 Å². The van der Waals surface area contributed by atoms with Crippen LogP contribution in [0.1, 0.15) is 43.7 Å². The number of benzene rings is 1. The highest BCUT2D eigenvalue weighted by molar-refractivity contribution is 6.11. The zero-order valence-corrected chi connectivity index (χ0v) is 17.0. The van der Waals surface area contributed by atoms with Gasteiger partial charge in [0.2, 0.25) is 0 Å². The summed E-state index contributed by atoms with van der Waals surface area (Å²) in [6.45, 7) is 1.09. The smallest absolute Gasteiger partial charge is 0.290 e. The SMILES string of the molecule is COc1ccc(C2C3=C(OC4CCC(F)CC4C3=O)C(=O)N2CC2CCCO2)cc1. The van der Waals surface area contributed by atoms with E-state index in [1.165, 1.54) is 0 Å². The number of carbonyl (C=O) groups excluding carboxylic acids is 2. The summed E-state index contributed by atoms with van der Waals surface area (Å²) in [6.07, 6.45) is 1.37. The van der Waals surface area contributed by atoms with Gasteiger partial charge >= 0.3 is 0 Å². The fourth-order valence-electron chi connectivity index (χ4n) is 5.19. The maximum atomic E-state index is 14.1. The lowest BCUT2D eigenvalue weighted by molar-refractivity contribution is -0.137. The van der Waals surface area contributed by atoms with Crippen LogP contribution in [-0.4, -0.2) is 55.2 Å². The monoisotopic (exact) mass is 415 g/mol. The molecule has 1 amide bonds. The Morgan fingerprint density at radius 2 is 1.97 bits per heavy atom. The van der Waals surface area contributed by atoms with E-state index in [2.05, 4.69) is 0 Å². The molecule has 2 fully saturated rings. The first kappa shape index (κ1) is 19.5. The average molecular weight is 415 g/mol.